The zero-order chi connectivity index (χ0) is 15.3. The van der Waals surface area contributed by atoms with Crippen LogP contribution in [-0.2, 0) is 14.3 Å². The average molecular weight is 346 g/mol. The van der Waals surface area contributed by atoms with Gasteiger partial charge in [-0.15, -0.1) is 0 Å². The van der Waals surface area contributed by atoms with Gasteiger partial charge >= 0.3 is 11.9 Å². The smallest absolute Gasteiger partial charge is 0.326 e. The number of carboxylic acid groups (broad SMARTS) is 1. The van der Waals surface area contributed by atoms with Crippen molar-refractivity contribution in [1.29, 1.82) is 0 Å². The number of amides is 1. The van der Waals surface area contributed by atoms with Crippen molar-refractivity contribution in [3.8, 4) is 5.75 Å². The summed E-state index contributed by atoms with van der Waals surface area (Å²) in [5.74, 6) is -3.25. The third-order valence-electron chi connectivity index (χ3n) is 2.41. The Hall–Kier alpha value is -2.09. The van der Waals surface area contributed by atoms with Crippen molar-refractivity contribution >= 4 is 33.8 Å². The molecule has 0 radical (unpaired) electrons. The quantitative estimate of drug-likeness (QED) is 0.683. The van der Waals surface area contributed by atoms with Crippen molar-refractivity contribution < 1.29 is 29.3 Å². The van der Waals surface area contributed by atoms with Crippen molar-refractivity contribution in [2.75, 3.05) is 7.11 Å². The number of aromatic hydroxyl groups is 1. The second-order valence-corrected chi connectivity index (χ2v) is 4.72. The van der Waals surface area contributed by atoms with Gasteiger partial charge in [-0.05, 0) is 18.2 Å². The number of carboxylic acids is 1. The topological polar surface area (TPSA) is 113 Å². The molecule has 0 aliphatic carbocycles. The summed E-state index contributed by atoms with van der Waals surface area (Å²) in [5.41, 5.74) is -0.101. The van der Waals surface area contributed by atoms with Crippen LogP contribution in [0.1, 0.15) is 16.8 Å². The molecule has 8 heteroatoms. The number of hydrogen-bond acceptors (Lipinski definition) is 5. The lowest BCUT2D eigenvalue weighted by atomic mass is 10.1. The van der Waals surface area contributed by atoms with E-state index in [0.29, 0.717) is 4.47 Å². The number of carbonyl (C=O) groups excluding carboxylic acids is 2. The van der Waals surface area contributed by atoms with E-state index in [1.165, 1.54) is 18.2 Å². The molecule has 0 bridgehead atoms. The SMILES string of the molecule is COC(=O)C[C@H](NC(=O)c1cc(Br)ccc1O)C(=O)O. The molecule has 108 valence electrons. The van der Waals surface area contributed by atoms with E-state index in [1.54, 1.807) is 0 Å². The summed E-state index contributed by atoms with van der Waals surface area (Å²) in [6, 6.07) is 2.71. The van der Waals surface area contributed by atoms with Crippen LogP contribution < -0.4 is 5.32 Å². The molecular formula is C12H12BrNO6. The molecule has 1 rings (SSSR count). The van der Waals surface area contributed by atoms with Crippen molar-refractivity contribution in [2.24, 2.45) is 0 Å². The molecule has 1 aromatic carbocycles. The zero-order valence-corrected chi connectivity index (χ0v) is 12.0. The largest absolute Gasteiger partial charge is 0.507 e. The zero-order valence-electron chi connectivity index (χ0n) is 10.4. The predicted octanol–water partition coefficient (Wildman–Crippen LogP) is 0.901. The van der Waals surface area contributed by atoms with Crippen molar-refractivity contribution in [1.82, 2.24) is 5.32 Å². The molecule has 0 saturated carbocycles. The number of methoxy groups -OCH3 is 1. The normalized spacial score (nSPS) is 11.5. The van der Waals surface area contributed by atoms with E-state index in [9.17, 15) is 19.5 Å². The van der Waals surface area contributed by atoms with Gasteiger partial charge in [0.05, 0.1) is 19.1 Å². The van der Waals surface area contributed by atoms with Crippen LogP contribution in [0, 0.1) is 0 Å². The lowest BCUT2D eigenvalue weighted by Crippen LogP contribution is -2.42. The lowest BCUT2D eigenvalue weighted by molar-refractivity contribution is -0.147. The highest BCUT2D eigenvalue weighted by Gasteiger charge is 2.25. The highest BCUT2D eigenvalue weighted by atomic mass is 79.9. The van der Waals surface area contributed by atoms with Gasteiger partial charge in [-0.25, -0.2) is 4.79 Å². The molecule has 1 atom stereocenters. The van der Waals surface area contributed by atoms with Gasteiger partial charge in [0.1, 0.15) is 11.8 Å². The minimum absolute atomic E-state index is 0.101. The number of carbonyl (C=O) groups is 3. The first-order valence-electron chi connectivity index (χ1n) is 5.44. The van der Waals surface area contributed by atoms with Gasteiger partial charge < -0.3 is 20.3 Å². The van der Waals surface area contributed by atoms with E-state index in [1.807, 2.05) is 0 Å². The van der Waals surface area contributed by atoms with Crippen LogP contribution in [0.4, 0.5) is 0 Å². The molecule has 3 N–H and O–H groups in total. The van der Waals surface area contributed by atoms with E-state index in [-0.39, 0.29) is 11.3 Å². The number of halogens is 1. The van der Waals surface area contributed by atoms with Gasteiger partial charge in [0, 0.05) is 4.47 Å². The van der Waals surface area contributed by atoms with Crippen LogP contribution in [0.3, 0.4) is 0 Å². The predicted molar refractivity (Wildman–Crippen MR) is 71.3 cm³/mol. The van der Waals surface area contributed by atoms with E-state index in [4.69, 9.17) is 5.11 Å². The number of phenols is 1. The maximum Gasteiger partial charge on any atom is 0.326 e. The summed E-state index contributed by atoms with van der Waals surface area (Å²) in [4.78, 5) is 33.9. The fraction of sp³-hybridized carbons (Fsp3) is 0.250. The number of aliphatic carboxylic acids is 1. The van der Waals surface area contributed by atoms with Gasteiger partial charge in [-0.2, -0.15) is 0 Å². The second kappa shape index (κ2) is 6.90. The fourth-order valence-corrected chi connectivity index (χ4v) is 1.74. The number of nitrogens with one attached hydrogen (secondary N) is 1. The van der Waals surface area contributed by atoms with Gasteiger partial charge in [0.2, 0.25) is 0 Å². The maximum absolute atomic E-state index is 11.9. The number of ether oxygens (including phenoxy) is 1. The molecule has 0 aromatic heterocycles. The standard InChI is InChI=1S/C12H12BrNO6/c1-20-10(16)5-8(12(18)19)14-11(17)7-4-6(13)2-3-9(7)15/h2-4,8,15H,5H2,1H3,(H,14,17)(H,18,19)/t8-/m0/s1. The van der Waals surface area contributed by atoms with E-state index in [0.717, 1.165) is 7.11 Å². The molecule has 0 aliphatic heterocycles. The summed E-state index contributed by atoms with van der Waals surface area (Å²) in [7, 11) is 1.11. The summed E-state index contributed by atoms with van der Waals surface area (Å²) in [5, 5.41) is 20.7. The van der Waals surface area contributed by atoms with Gasteiger partial charge in [0.15, 0.2) is 0 Å². The highest BCUT2D eigenvalue weighted by Crippen LogP contribution is 2.21. The Kier molecular flexibility index (Phi) is 5.51. The second-order valence-electron chi connectivity index (χ2n) is 3.81. The molecule has 0 fully saturated rings. The van der Waals surface area contributed by atoms with E-state index >= 15 is 0 Å². The molecule has 0 spiro atoms. The Bertz CT molecular complexity index is 545. The Morgan fingerprint density at radius 3 is 2.60 bits per heavy atom. The van der Waals surface area contributed by atoms with Gasteiger partial charge in [-0.1, -0.05) is 15.9 Å². The van der Waals surface area contributed by atoms with Crippen molar-refractivity contribution in [3.05, 3.63) is 28.2 Å². The first-order chi connectivity index (χ1) is 9.35. The monoisotopic (exact) mass is 345 g/mol. The third kappa shape index (κ3) is 4.23. The molecule has 0 heterocycles. The number of esters is 1. The number of phenolic OH excluding ortho intramolecular Hbond substituents is 1. The van der Waals surface area contributed by atoms with Crippen LogP contribution in [0.2, 0.25) is 0 Å². The van der Waals surface area contributed by atoms with Crippen LogP contribution in [0.25, 0.3) is 0 Å². The lowest BCUT2D eigenvalue weighted by Gasteiger charge is -2.14. The molecule has 1 amide bonds. The third-order valence-corrected chi connectivity index (χ3v) is 2.90. The molecule has 7 nitrogen and oxygen atoms in total. The molecule has 0 aliphatic rings. The van der Waals surface area contributed by atoms with E-state index < -0.39 is 30.3 Å². The Morgan fingerprint density at radius 2 is 2.05 bits per heavy atom. The van der Waals surface area contributed by atoms with Crippen LogP contribution >= 0.6 is 15.9 Å². The van der Waals surface area contributed by atoms with E-state index in [2.05, 4.69) is 26.0 Å². The average Bonchev–Trinajstić information content (AvgIpc) is 2.40. The van der Waals surface area contributed by atoms with Crippen LogP contribution in [0.5, 0.6) is 5.75 Å². The highest BCUT2D eigenvalue weighted by molar-refractivity contribution is 9.10. The Balaban J connectivity index is 2.88. The minimum atomic E-state index is -1.44. The molecule has 20 heavy (non-hydrogen) atoms. The molecule has 1 aromatic rings. The Labute approximate surface area is 122 Å². The number of rotatable bonds is 5. The first-order valence-corrected chi connectivity index (χ1v) is 6.23. The minimum Gasteiger partial charge on any atom is -0.507 e. The van der Waals surface area contributed by atoms with Gasteiger partial charge in [0.25, 0.3) is 5.91 Å². The summed E-state index contributed by atoms with van der Waals surface area (Å²) in [6.07, 6.45) is -0.508. The Morgan fingerprint density at radius 1 is 1.40 bits per heavy atom. The summed E-state index contributed by atoms with van der Waals surface area (Å²) >= 11 is 3.13. The first kappa shape index (κ1) is 16.0. The molecule has 0 unspecified atom stereocenters. The van der Waals surface area contributed by atoms with Crippen molar-refractivity contribution in [3.63, 3.8) is 0 Å². The maximum atomic E-state index is 11.9. The molecule has 0 saturated heterocycles. The number of hydrogen-bond donors (Lipinski definition) is 3. The summed E-state index contributed by atoms with van der Waals surface area (Å²) < 4.78 is 4.89. The van der Waals surface area contributed by atoms with Crippen molar-refractivity contribution in [2.45, 2.75) is 12.5 Å². The number of benzene rings is 1. The van der Waals surface area contributed by atoms with Crippen LogP contribution in [-0.4, -0.2) is 41.2 Å². The van der Waals surface area contributed by atoms with Crippen LogP contribution in [0.15, 0.2) is 22.7 Å². The van der Waals surface area contributed by atoms with Gasteiger partial charge in [-0.3, -0.25) is 9.59 Å². The summed E-state index contributed by atoms with van der Waals surface area (Å²) in [6.45, 7) is 0. The molecular weight excluding hydrogens is 334 g/mol. The fourth-order valence-electron chi connectivity index (χ4n) is 1.38.